The molecule has 0 spiro atoms. The van der Waals surface area contributed by atoms with Gasteiger partial charge in [-0.1, -0.05) is 0 Å². The Morgan fingerprint density at radius 3 is 2.64 bits per heavy atom. The molecule has 1 heterocycles. The van der Waals surface area contributed by atoms with Gasteiger partial charge < -0.3 is 9.64 Å². The van der Waals surface area contributed by atoms with Crippen molar-refractivity contribution >= 4 is 11.5 Å². The van der Waals surface area contributed by atoms with E-state index in [9.17, 15) is 10.1 Å². The third-order valence-electron chi connectivity index (χ3n) is 1.71. The van der Waals surface area contributed by atoms with Crippen molar-refractivity contribution in [2.45, 2.75) is 0 Å². The number of nitrogens with zero attached hydrogens (tertiary/aromatic N) is 3. The summed E-state index contributed by atoms with van der Waals surface area (Å²) in [5.41, 5.74) is -0.127. The van der Waals surface area contributed by atoms with Gasteiger partial charge in [-0.2, -0.15) is 0 Å². The van der Waals surface area contributed by atoms with Crippen LogP contribution in [0.2, 0.25) is 0 Å². The molecule has 0 atom stereocenters. The molecule has 6 nitrogen and oxygen atoms in total. The van der Waals surface area contributed by atoms with Gasteiger partial charge >= 0.3 is 5.69 Å². The van der Waals surface area contributed by atoms with Crippen LogP contribution in [0.5, 0.6) is 5.75 Å². The van der Waals surface area contributed by atoms with Gasteiger partial charge in [0, 0.05) is 20.2 Å². The molecule has 0 aliphatic heterocycles. The molecule has 1 aromatic rings. The highest BCUT2D eigenvalue weighted by molar-refractivity contribution is 5.52. The number of nitro groups is 1. The maximum atomic E-state index is 10.5. The lowest BCUT2D eigenvalue weighted by molar-refractivity contribution is -0.386. The first-order valence-electron chi connectivity index (χ1n) is 3.92. The molecule has 0 saturated carbocycles. The van der Waals surface area contributed by atoms with Crippen LogP contribution in [0.15, 0.2) is 12.3 Å². The lowest BCUT2D eigenvalue weighted by Gasteiger charge is -2.11. The largest absolute Gasteiger partial charge is 0.490 e. The molecule has 1 aromatic heterocycles. The third kappa shape index (κ3) is 1.90. The summed E-state index contributed by atoms with van der Waals surface area (Å²) in [4.78, 5) is 15.7. The Morgan fingerprint density at radius 2 is 2.21 bits per heavy atom. The monoisotopic (exact) mass is 197 g/mol. The zero-order valence-electron chi connectivity index (χ0n) is 8.22. The Balaban J connectivity index is 3.18. The molecule has 0 amide bonds. The minimum atomic E-state index is -0.523. The number of methoxy groups -OCH3 is 1. The highest BCUT2D eigenvalue weighted by atomic mass is 16.6. The number of pyridine rings is 1. The molecule has 0 fully saturated rings. The van der Waals surface area contributed by atoms with E-state index in [2.05, 4.69) is 4.98 Å². The molecule has 6 heteroatoms. The van der Waals surface area contributed by atoms with E-state index < -0.39 is 4.92 Å². The average molecular weight is 197 g/mol. The van der Waals surface area contributed by atoms with E-state index in [-0.39, 0.29) is 11.4 Å². The first-order chi connectivity index (χ1) is 6.56. The van der Waals surface area contributed by atoms with Crippen molar-refractivity contribution in [2.24, 2.45) is 0 Å². The smallest absolute Gasteiger partial charge is 0.329 e. The van der Waals surface area contributed by atoms with Gasteiger partial charge in [0.25, 0.3) is 0 Å². The number of rotatable bonds is 3. The van der Waals surface area contributed by atoms with Gasteiger partial charge in [-0.05, 0) is 0 Å². The van der Waals surface area contributed by atoms with Gasteiger partial charge in [0.2, 0.25) is 5.75 Å². The van der Waals surface area contributed by atoms with Gasteiger partial charge in [-0.25, -0.2) is 4.98 Å². The molecular weight excluding hydrogens is 186 g/mol. The summed E-state index contributed by atoms with van der Waals surface area (Å²) >= 11 is 0. The summed E-state index contributed by atoms with van der Waals surface area (Å²) in [5.74, 6) is 0.834. The first-order valence-corrected chi connectivity index (χ1v) is 3.92. The van der Waals surface area contributed by atoms with Gasteiger partial charge in [-0.15, -0.1) is 0 Å². The number of aromatic nitrogens is 1. The van der Waals surface area contributed by atoms with E-state index in [0.717, 1.165) is 0 Å². The van der Waals surface area contributed by atoms with Crippen LogP contribution >= 0.6 is 0 Å². The molecule has 14 heavy (non-hydrogen) atoms. The van der Waals surface area contributed by atoms with Gasteiger partial charge in [0.1, 0.15) is 12.0 Å². The van der Waals surface area contributed by atoms with Crippen molar-refractivity contribution in [1.82, 2.24) is 4.98 Å². The van der Waals surface area contributed by atoms with Crippen molar-refractivity contribution in [1.29, 1.82) is 0 Å². The van der Waals surface area contributed by atoms with E-state index in [1.165, 1.54) is 19.4 Å². The van der Waals surface area contributed by atoms with Crippen molar-refractivity contribution in [2.75, 3.05) is 26.1 Å². The lowest BCUT2D eigenvalue weighted by Crippen LogP contribution is -2.10. The summed E-state index contributed by atoms with van der Waals surface area (Å²) in [6.07, 6.45) is 1.19. The molecule has 0 aliphatic carbocycles. The number of anilines is 1. The molecule has 76 valence electrons. The fourth-order valence-corrected chi connectivity index (χ4v) is 0.965. The van der Waals surface area contributed by atoms with E-state index in [4.69, 9.17) is 4.74 Å². The normalized spacial score (nSPS) is 9.64. The fraction of sp³-hybridized carbons (Fsp3) is 0.375. The van der Waals surface area contributed by atoms with Crippen LogP contribution in [0.25, 0.3) is 0 Å². The molecule has 0 saturated heterocycles. The SMILES string of the molecule is COc1cc(N(C)C)ncc1[N+](=O)[O-]. The second-order valence-corrected chi connectivity index (χ2v) is 2.87. The molecule has 1 rings (SSSR count). The fourth-order valence-electron chi connectivity index (χ4n) is 0.965. The quantitative estimate of drug-likeness (QED) is 0.535. The van der Waals surface area contributed by atoms with Gasteiger partial charge in [0.05, 0.1) is 12.0 Å². The lowest BCUT2D eigenvalue weighted by atomic mass is 10.3. The number of hydrogen-bond donors (Lipinski definition) is 0. The van der Waals surface area contributed by atoms with Crippen LogP contribution < -0.4 is 9.64 Å². The maximum Gasteiger partial charge on any atom is 0.329 e. The maximum absolute atomic E-state index is 10.5. The summed E-state index contributed by atoms with van der Waals surface area (Å²) in [6.45, 7) is 0. The van der Waals surface area contributed by atoms with Gasteiger partial charge in [-0.3, -0.25) is 10.1 Å². The minimum Gasteiger partial charge on any atom is -0.490 e. The second kappa shape index (κ2) is 3.91. The second-order valence-electron chi connectivity index (χ2n) is 2.87. The standard InChI is InChI=1S/C8H11N3O3/c1-10(2)8-4-7(14-3)6(5-9-8)11(12)13/h4-5H,1-3H3. The summed E-state index contributed by atoms with van der Waals surface area (Å²) in [6, 6.07) is 1.53. The Morgan fingerprint density at radius 1 is 1.57 bits per heavy atom. The van der Waals surface area contributed by atoms with Crippen LogP contribution in [0, 0.1) is 10.1 Å². The first kappa shape index (κ1) is 10.2. The summed E-state index contributed by atoms with van der Waals surface area (Å²) < 4.78 is 4.89. The molecule has 0 unspecified atom stereocenters. The molecule has 0 aliphatic rings. The highest BCUT2D eigenvalue weighted by Gasteiger charge is 2.16. The molecule has 0 radical (unpaired) electrons. The van der Waals surface area contributed by atoms with Crippen LogP contribution in [-0.4, -0.2) is 31.1 Å². The van der Waals surface area contributed by atoms with Gasteiger partial charge in [0.15, 0.2) is 0 Å². The highest BCUT2D eigenvalue weighted by Crippen LogP contribution is 2.28. The van der Waals surface area contributed by atoms with E-state index in [1.807, 2.05) is 0 Å². The van der Waals surface area contributed by atoms with Crippen LogP contribution in [0.1, 0.15) is 0 Å². The Bertz CT molecular complexity index is 352. The Hall–Kier alpha value is -1.85. The average Bonchev–Trinajstić information content (AvgIpc) is 2.16. The zero-order valence-corrected chi connectivity index (χ0v) is 8.22. The van der Waals surface area contributed by atoms with Crippen LogP contribution in [0.4, 0.5) is 11.5 Å². The van der Waals surface area contributed by atoms with Crippen molar-refractivity contribution < 1.29 is 9.66 Å². The van der Waals surface area contributed by atoms with E-state index in [0.29, 0.717) is 5.82 Å². The summed E-state index contributed by atoms with van der Waals surface area (Å²) in [7, 11) is 4.99. The van der Waals surface area contributed by atoms with Crippen LogP contribution in [0.3, 0.4) is 0 Å². The Labute approximate surface area is 81.3 Å². The Kier molecular flexibility index (Phi) is 2.85. The minimum absolute atomic E-state index is 0.127. The predicted octanol–water partition coefficient (Wildman–Crippen LogP) is 1.06. The number of hydrogen-bond acceptors (Lipinski definition) is 5. The number of ether oxygens (including phenoxy) is 1. The van der Waals surface area contributed by atoms with E-state index >= 15 is 0 Å². The molecular formula is C8H11N3O3. The summed E-state index contributed by atoms with van der Waals surface area (Å²) in [5, 5.41) is 10.5. The molecule has 0 N–H and O–H groups in total. The third-order valence-corrected chi connectivity index (χ3v) is 1.71. The van der Waals surface area contributed by atoms with Crippen molar-refractivity contribution in [3.05, 3.63) is 22.4 Å². The molecule has 0 bridgehead atoms. The van der Waals surface area contributed by atoms with Crippen molar-refractivity contribution in [3.63, 3.8) is 0 Å². The predicted molar refractivity (Wildman–Crippen MR) is 51.8 cm³/mol. The van der Waals surface area contributed by atoms with E-state index in [1.54, 1.807) is 19.0 Å². The van der Waals surface area contributed by atoms with Crippen LogP contribution in [-0.2, 0) is 0 Å². The topological polar surface area (TPSA) is 68.5 Å². The molecule has 0 aromatic carbocycles. The van der Waals surface area contributed by atoms with Crippen molar-refractivity contribution in [3.8, 4) is 5.75 Å². The zero-order chi connectivity index (χ0) is 10.7.